The van der Waals surface area contributed by atoms with Gasteiger partial charge in [-0.3, -0.25) is 4.90 Å². The van der Waals surface area contributed by atoms with Gasteiger partial charge in [0.1, 0.15) is 29.6 Å². The first-order chi connectivity index (χ1) is 16.9. The molecule has 0 unspecified atom stereocenters. The van der Waals surface area contributed by atoms with Gasteiger partial charge in [-0.1, -0.05) is 29.8 Å². The second-order valence-corrected chi connectivity index (χ2v) is 9.14. The first kappa shape index (κ1) is 24.9. The van der Waals surface area contributed by atoms with E-state index in [4.69, 9.17) is 21.1 Å². The molecule has 1 fully saturated rings. The lowest BCUT2D eigenvalue weighted by molar-refractivity contribution is 0.0378. The fraction of sp³-hybridized carbons (Fsp3) is 0.333. The van der Waals surface area contributed by atoms with Gasteiger partial charge in [0.2, 0.25) is 0 Å². The highest BCUT2D eigenvalue weighted by Gasteiger charge is 2.24. The van der Waals surface area contributed by atoms with E-state index in [1.165, 1.54) is 6.07 Å². The predicted molar refractivity (Wildman–Crippen MR) is 134 cm³/mol. The van der Waals surface area contributed by atoms with E-state index in [-0.39, 0.29) is 24.5 Å². The van der Waals surface area contributed by atoms with Crippen molar-refractivity contribution in [3.05, 3.63) is 88.3 Å². The van der Waals surface area contributed by atoms with Crippen molar-refractivity contribution >= 4 is 23.4 Å². The Balaban J connectivity index is 1.34. The van der Waals surface area contributed by atoms with Crippen molar-refractivity contribution in [1.29, 1.82) is 0 Å². The average Bonchev–Trinajstić information content (AvgIpc) is 2.84. The van der Waals surface area contributed by atoms with Gasteiger partial charge in [-0.25, -0.2) is 14.2 Å². The van der Waals surface area contributed by atoms with E-state index in [2.05, 4.69) is 14.8 Å². The Morgan fingerprint density at radius 2 is 1.86 bits per heavy atom. The molecule has 0 radical (unpaired) electrons. The molecule has 1 aromatic heterocycles. The third-order valence-corrected chi connectivity index (χ3v) is 6.12. The quantitative estimate of drug-likeness (QED) is 0.391. The van der Waals surface area contributed by atoms with Gasteiger partial charge >= 0.3 is 5.97 Å². The van der Waals surface area contributed by atoms with Crippen LogP contribution in [-0.4, -0.2) is 48.1 Å². The summed E-state index contributed by atoms with van der Waals surface area (Å²) in [6, 6.07) is 15.9. The lowest BCUT2D eigenvalue weighted by Crippen LogP contribution is -2.46. The second-order valence-electron chi connectivity index (χ2n) is 8.73. The van der Waals surface area contributed by atoms with E-state index >= 15 is 0 Å². The summed E-state index contributed by atoms with van der Waals surface area (Å²) in [7, 11) is 0. The summed E-state index contributed by atoms with van der Waals surface area (Å²) in [5.41, 5.74) is 1.95. The molecule has 0 N–H and O–H groups in total. The summed E-state index contributed by atoms with van der Waals surface area (Å²) >= 11 is 6.10. The molecule has 1 aliphatic heterocycles. The molecular weight excluding hydrogens is 469 g/mol. The second kappa shape index (κ2) is 11.5. The monoisotopic (exact) mass is 497 g/mol. The third kappa shape index (κ3) is 6.50. The molecule has 0 atom stereocenters. The fourth-order valence-electron chi connectivity index (χ4n) is 4.02. The van der Waals surface area contributed by atoms with Crippen LogP contribution in [0.4, 0.5) is 10.2 Å². The van der Waals surface area contributed by atoms with Crippen LogP contribution in [-0.2, 0) is 17.9 Å². The molecule has 2 heterocycles. The highest BCUT2D eigenvalue weighted by molar-refractivity contribution is 6.31. The van der Waals surface area contributed by atoms with Gasteiger partial charge in [0.15, 0.2) is 0 Å². The lowest BCUT2D eigenvalue weighted by Gasteiger charge is -2.36. The number of hydrogen-bond donors (Lipinski definition) is 0. The Morgan fingerprint density at radius 1 is 1.09 bits per heavy atom. The van der Waals surface area contributed by atoms with Crippen molar-refractivity contribution < 1.29 is 18.7 Å². The maximum absolute atomic E-state index is 14.0. The number of aromatic nitrogens is 1. The number of carbonyl (C=O) groups is 1. The van der Waals surface area contributed by atoms with Crippen molar-refractivity contribution in [2.45, 2.75) is 33.1 Å². The molecule has 0 saturated carbocycles. The molecule has 0 aliphatic carbocycles. The summed E-state index contributed by atoms with van der Waals surface area (Å²) in [5, 5.41) is 0.354. The van der Waals surface area contributed by atoms with E-state index in [9.17, 15) is 9.18 Å². The third-order valence-electron chi connectivity index (χ3n) is 5.77. The average molecular weight is 498 g/mol. The topological polar surface area (TPSA) is 54.9 Å². The number of piperazine rings is 1. The molecule has 8 heteroatoms. The van der Waals surface area contributed by atoms with Crippen LogP contribution in [0.3, 0.4) is 0 Å². The van der Waals surface area contributed by atoms with E-state index in [1.54, 1.807) is 30.5 Å². The number of benzene rings is 2. The summed E-state index contributed by atoms with van der Waals surface area (Å²) in [6.07, 6.45) is 1.52. The number of halogens is 2. The number of pyridine rings is 1. The molecule has 0 amide bonds. The van der Waals surface area contributed by atoms with Crippen molar-refractivity contribution in [1.82, 2.24) is 9.88 Å². The Kier molecular flexibility index (Phi) is 8.21. The number of esters is 1. The Morgan fingerprint density at radius 3 is 2.60 bits per heavy atom. The zero-order valence-corrected chi connectivity index (χ0v) is 20.7. The van der Waals surface area contributed by atoms with Crippen LogP contribution in [0.25, 0.3) is 0 Å². The van der Waals surface area contributed by atoms with Crippen LogP contribution < -0.4 is 9.64 Å². The Bertz CT molecular complexity index is 1150. The largest absolute Gasteiger partial charge is 0.489 e. The van der Waals surface area contributed by atoms with Gasteiger partial charge in [0.25, 0.3) is 0 Å². The molecule has 4 rings (SSSR count). The maximum atomic E-state index is 14.0. The van der Waals surface area contributed by atoms with Crippen LogP contribution in [0.1, 0.15) is 35.3 Å². The zero-order valence-electron chi connectivity index (χ0n) is 19.9. The summed E-state index contributed by atoms with van der Waals surface area (Å²) in [6.45, 7) is 7.65. The molecule has 2 aromatic carbocycles. The van der Waals surface area contributed by atoms with E-state index in [0.29, 0.717) is 27.7 Å². The summed E-state index contributed by atoms with van der Waals surface area (Å²) in [4.78, 5) is 21.4. The first-order valence-electron chi connectivity index (χ1n) is 11.7. The van der Waals surface area contributed by atoms with E-state index < -0.39 is 0 Å². The van der Waals surface area contributed by atoms with Crippen LogP contribution in [0, 0.1) is 5.82 Å². The molecule has 35 heavy (non-hydrogen) atoms. The molecule has 6 nitrogen and oxygen atoms in total. The number of anilines is 1. The number of rotatable bonds is 8. The number of hydrogen-bond acceptors (Lipinski definition) is 6. The number of nitrogens with zero attached hydrogens (tertiary/aromatic N) is 3. The van der Waals surface area contributed by atoms with Gasteiger partial charge in [-0.15, -0.1) is 0 Å². The van der Waals surface area contributed by atoms with Crippen molar-refractivity contribution in [2.24, 2.45) is 0 Å². The van der Waals surface area contributed by atoms with Crippen LogP contribution in [0.2, 0.25) is 5.02 Å². The summed E-state index contributed by atoms with van der Waals surface area (Å²) in [5.74, 6) is 0.612. The maximum Gasteiger partial charge on any atom is 0.342 e. The first-order valence-corrected chi connectivity index (χ1v) is 12.1. The van der Waals surface area contributed by atoms with Crippen molar-refractivity contribution in [2.75, 3.05) is 31.1 Å². The van der Waals surface area contributed by atoms with Gasteiger partial charge in [0, 0.05) is 44.5 Å². The minimum atomic E-state index is -0.375. The predicted octanol–water partition coefficient (Wildman–Crippen LogP) is 5.34. The Labute approximate surface area is 210 Å². The van der Waals surface area contributed by atoms with E-state index in [0.717, 1.165) is 38.3 Å². The standard InChI is InChI=1S/C27H29ClFN3O3/c1-19(2)35-27(33)22-8-5-11-30-26(22)32-14-12-31(13-15-32)17-20-6-3-7-21(16-20)34-18-23-24(28)9-4-10-25(23)29/h3-11,16,19H,12-15,17-18H2,1-2H3. The number of ether oxygens (including phenoxy) is 2. The molecular formula is C27H29ClFN3O3. The molecule has 1 aliphatic rings. The van der Waals surface area contributed by atoms with Crippen LogP contribution >= 0.6 is 11.6 Å². The van der Waals surface area contributed by atoms with Gasteiger partial charge < -0.3 is 14.4 Å². The van der Waals surface area contributed by atoms with Gasteiger partial charge in [0.05, 0.1) is 11.1 Å². The molecule has 1 saturated heterocycles. The van der Waals surface area contributed by atoms with Gasteiger partial charge in [-0.05, 0) is 55.8 Å². The fourth-order valence-corrected chi connectivity index (χ4v) is 4.24. The van der Waals surface area contributed by atoms with Gasteiger partial charge in [-0.2, -0.15) is 0 Å². The van der Waals surface area contributed by atoms with Crippen molar-refractivity contribution in [3.63, 3.8) is 0 Å². The minimum absolute atomic E-state index is 0.0687. The Hall–Kier alpha value is -3.16. The zero-order chi connectivity index (χ0) is 24.8. The highest BCUT2D eigenvalue weighted by Crippen LogP contribution is 2.24. The number of carbonyl (C=O) groups excluding carboxylic acids is 1. The molecule has 0 spiro atoms. The normalized spacial score (nSPS) is 14.3. The van der Waals surface area contributed by atoms with Crippen molar-refractivity contribution in [3.8, 4) is 5.75 Å². The molecule has 0 bridgehead atoms. The molecule has 3 aromatic rings. The SMILES string of the molecule is CC(C)OC(=O)c1cccnc1N1CCN(Cc2cccc(OCc3c(F)cccc3Cl)c2)CC1. The van der Waals surface area contributed by atoms with Crippen LogP contribution in [0.5, 0.6) is 5.75 Å². The smallest absolute Gasteiger partial charge is 0.342 e. The highest BCUT2D eigenvalue weighted by atomic mass is 35.5. The van der Waals surface area contributed by atoms with Crippen LogP contribution in [0.15, 0.2) is 60.8 Å². The lowest BCUT2D eigenvalue weighted by atomic mass is 10.1. The van der Waals surface area contributed by atoms with E-state index in [1.807, 2.05) is 38.1 Å². The molecule has 184 valence electrons. The minimum Gasteiger partial charge on any atom is -0.489 e. The summed E-state index contributed by atoms with van der Waals surface area (Å²) < 4.78 is 25.2.